The van der Waals surface area contributed by atoms with Gasteiger partial charge in [0.25, 0.3) is 0 Å². The van der Waals surface area contributed by atoms with Crippen LogP contribution >= 0.6 is 19.1 Å². The third-order valence-corrected chi connectivity index (χ3v) is 0. The number of halogens is 2. The Morgan fingerprint density at radius 1 is 0.800 bits per heavy atom. The Morgan fingerprint density at radius 2 is 0.800 bits per heavy atom. The smallest absolute Gasteiger partial charge is 2.00 e. The molecule has 0 saturated heterocycles. The van der Waals surface area contributed by atoms with Crippen LogP contribution in [0.3, 0.4) is 0 Å². The molecule has 0 aromatic carbocycles. The fourth-order valence-electron chi connectivity index (χ4n) is 0. The van der Waals surface area contributed by atoms with Crippen molar-refractivity contribution in [2.45, 2.75) is 0 Å². The molecule has 0 N–H and O–H groups in total. The van der Waals surface area contributed by atoms with Gasteiger partial charge >= 0.3 is 71.9 Å². The average Bonchev–Trinajstić information content (AvgIpc) is 1.50. The number of hydrogen-bond donors (Lipinski definition) is 0. The number of rotatable bonds is 0. The Morgan fingerprint density at radius 3 is 0.800 bits per heavy atom. The van der Waals surface area contributed by atoms with E-state index >= 15 is 0 Å². The summed E-state index contributed by atoms with van der Waals surface area (Å²) in [5, 5.41) is 0. The van der Waals surface area contributed by atoms with Crippen molar-refractivity contribution in [1.29, 1.82) is 0 Å². The van der Waals surface area contributed by atoms with E-state index in [1.165, 1.54) is 0 Å². The standard InChI is InChI=1S/2ClH.Ni.2Pd/h2*1H;;;/q;;+2;;/p-2. The molecule has 0 radical (unpaired) electrons. The molecular formula is Cl2NiPd2. The van der Waals surface area contributed by atoms with Gasteiger partial charge in [-0.2, -0.15) is 0 Å². The maximum atomic E-state index is 4.49. The van der Waals surface area contributed by atoms with Crippen molar-refractivity contribution >= 4 is 19.1 Å². The van der Waals surface area contributed by atoms with E-state index < -0.39 is 0 Å². The van der Waals surface area contributed by atoms with Crippen LogP contribution in [0.1, 0.15) is 0 Å². The Balaban J connectivity index is -0.0000000133. The topological polar surface area (TPSA) is 0 Å². The molecule has 0 aliphatic heterocycles. The van der Waals surface area contributed by atoms with E-state index in [0.717, 1.165) is 0 Å². The van der Waals surface area contributed by atoms with Crippen LogP contribution in [0.25, 0.3) is 0 Å². The molecule has 0 aromatic rings. The van der Waals surface area contributed by atoms with Gasteiger partial charge in [-0.1, -0.05) is 0 Å². The van der Waals surface area contributed by atoms with Gasteiger partial charge in [-0.25, -0.2) is 0 Å². The summed E-state index contributed by atoms with van der Waals surface area (Å²) in [6.45, 7) is 0. The minimum absolute atomic E-state index is 0. The van der Waals surface area contributed by atoms with E-state index in [1.807, 2.05) is 0 Å². The first-order valence-electron chi connectivity index (χ1n) is 0.239. The maximum Gasteiger partial charge on any atom is 2.00 e. The van der Waals surface area contributed by atoms with Crippen LogP contribution < -0.4 is 0 Å². The largest absolute Gasteiger partial charge is 2.00 e. The molecule has 0 unspecified atom stereocenters. The van der Waals surface area contributed by atoms with Crippen molar-refractivity contribution in [3.8, 4) is 0 Å². The molecule has 0 heterocycles. The zero-order valence-corrected chi connectivity index (χ0v) is 7.31. The van der Waals surface area contributed by atoms with Crippen molar-refractivity contribution in [2.75, 3.05) is 0 Å². The third kappa shape index (κ3) is 21.5. The van der Waals surface area contributed by atoms with Gasteiger partial charge in [-0.3, -0.25) is 0 Å². The van der Waals surface area contributed by atoms with E-state index in [1.54, 1.807) is 0 Å². The van der Waals surface area contributed by atoms with Gasteiger partial charge in [0.1, 0.15) is 0 Å². The van der Waals surface area contributed by atoms with Crippen LogP contribution in [0.2, 0.25) is 0 Å². The van der Waals surface area contributed by atoms with Crippen molar-refractivity contribution in [3.05, 3.63) is 0 Å². The van der Waals surface area contributed by atoms with E-state index in [-0.39, 0.29) is 16.5 Å². The molecule has 0 nitrogen and oxygen atoms in total. The van der Waals surface area contributed by atoms with E-state index in [0.29, 0.717) is 0 Å². The summed E-state index contributed by atoms with van der Waals surface area (Å²) in [4.78, 5) is 0. The van der Waals surface area contributed by atoms with E-state index in [9.17, 15) is 0 Å². The molecule has 5 heavy (non-hydrogen) atoms. The van der Waals surface area contributed by atoms with E-state index in [4.69, 9.17) is 0 Å². The normalized spacial score (nSPS) is 2.80. The Kier molecular flexibility index (Phi) is 102. The predicted molar refractivity (Wildman–Crippen MR) is 11.7 cm³/mol. The second-order valence-electron chi connectivity index (χ2n) is 0. The van der Waals surface area contributed by atoms with Gasteiger partial charge in [0.15, 0.2) is 0 Å². The maximum absolute atomic E-state index is 4.49. The van der Waals surface area contributed by atoms with Gasteiger partial charge in [0.05, 0.1) is 0 Å². The molecular weight excluding hydrogens is 342 g/mol. The monoisotopic (exact) mass is 340 g/mol. The Labute approximate surface area is 71.0 Å². The molecule has 0 aliphatic rings. The van der Waals surface area contributed by atoms with Crippen LogP contribution in [0.4, 0.5) is 0 Å². The van der Waals surface area contributed by atoms with Gasteiger partial charge < -0.3 is 0 Å². The summed E-state index contributed by atoms with van der Waals surface area (Å²) >= 11 is 4.44. The third-order valence-electron chi connectivity index (χ3n) is 0. The van der Waals surface area contributed by atoms with E-state index in [2.05, 4.69) is 55.4 Å². The summed E-state index contributed by atoms with van der Waals surface area (Å²) in [7, 11) is 8.98. The minimum Gasteiger partial charge on any atom is 2.00 e. The second kappa shape index (κ2) is 32.4. The SMILES string of the molecule is [Cl][Pd-].[Cl][Pd-].[Ni+2]. The van der Waals surface area contributed by atoms with Gasteiger partial charge in [-0.05, 0) is 0 Å². The van der Waals surface area contributed by atoms with Crippen LogP contribution in [0, 0.1) is 0 Å². The predicted octanol–water partition coefficient (Wildman–Crippen LogP) is 1.37. The minimum atomic E-state index is 0. The van der Waals surface area contributed by atoms with Gasteiger partial charge in [0, 0.05) is 0 Å². The molecule has 0 bridgehead atoms. The average molecular weight is 342 g/mol. The van der Waals surface area contributed by atoms with Crippen molar-refractivity contribution in [3.63, 3.8) is 0 Å². The Bertz CT molecular complexity index is 7.61. The molecule has 5 heteroatoms. The first kappa shape index (κ1) is 15.7. The summed E-state index contributed by atoms with van der Waals surface area (Å²) in [5.41, 5.74) is 0. The fraction of sp³-hybridized carbons (Fsp3) is 0. The second-order valence-corrected chi connectivity index (χ2v) is 0. The van der Waals surface area contributed by atoms with Crippen LogP contribution in [-0.2, 0) is 52.9 Å². The zero-order valence-electron chi connectivity index (χ0n) is 1.70. The van der Waals surface area contributed by atoms with Crippen LogP contribution in [0.15, 0.2) is 0 Å². The summed E-state index contributed by atoms with van der Waals surface area (Å²) < 4.78 is 0. The summed E-state index contributed by atoms with van der Waals surface area (Å²) in [5.74, 6) is 0. The molecule has 44 valence electrons. The van der Waals surface area contributed by atoms with Crippen molar-refractivity contribution < 1.29 is 52.9 Å². The van der Waals surface area contributed by atoms with Gasteiger partial charge in [0.2, 0.25) is 0 Å². The first-order valence-corrected chi connectivity index (χ1v) is 4.24. The molecule has 0 amide bonds. The molecule has 0 saturated carbocycles. The van der Waals surface area contributed by atoms with Crippen molar-refractivity contribution in [2.24, 2.45) is 0 Å². The fourth-order valence-corrected chi connectivity index (χ4v) is 0. The molecule has 0 aliphatic carbocycles. The molecule has 0 rings (SSSR count). The van der Waals surface area contributed by atoms with Gasteiger partial charge in [-0.15, -0.1) is 0 Å². The molecule has 0 fully saturated rings. The zero-order chi connectivity index (χ0) is 4.00. The quantitative estimate of drug-likeness (QED) is 0.584. The summed E-state index contributed by atoms with van der Waals surface area (Å²) in [6, 6.07) is 0. The van der Waals surface area contributed by atoms with Crippen LogP contribution in [-0.4, -0.2) is 0 Å². The summed E-state index contributed by atoms with van der Waals surface area (Å²) in [6.07, 6.45) is 0. The number of hydrogen-bond acceptors (Lipinski definition) is 0. The first-order chi connectivity index (χ1) is 2.00. The Hall–Kier alpha value is 2.40. The van der Waals surface area contributed by atoms with Crippen molar-refractivity contribution in [1.82, 2.24) is 0 Å². The van der Waals surface area contributed by atoms with Crippen LogP contribution in [0.5, 0.6) is 0 Å². The molecule has 0 spiro atoms. The molecule has 0 atom stereocenters. The molecule has 0 aromatic heterocycles.